The minimum Gasteiger partial charge on any atom is -0.394 e. The molecule has 1 aromatic carbocycles. The summed E-state index contributed by atoms with van der Waals surface area (Å²) in [5.74, 6) is -0.150. The van der Waals surface area contributed by atoms with Crippen LogP contribution in [0, 0.1) is 6.92 Å². The van der Waals surface area contributed by atoms with E-state index in [2.05, 4.69) is 36.1 Å². The third kappa shape index (κ3) is 3.79. The maximum atomic E-state index is 11.9. The van der Waals surface area contributed by atoms with E-state index in [1.807, 2.05) is 0 Å². The molecule has 0 bridgehead atoms. The maximum absolute atomic E-state index is 11.9. The molecule has 5 heteroatoms. The summed E-state index contributed by atoms with van der Waals surface area (Å²) in [6, 6.07) is 7.71. The van der Waals surface area contributed by atoms with Crippen LogP contribution < -0.4 is 5.73 Å². The predicted octanol–water partition coefficient (Wildman–Crippen LogP) is -0.0412. The fraction of sp³-hybridized carbons (Fsp3) is 0.533. The first-order chi connectivity index (χ1) is 9.60. The first-order valence-electron chi connectivity index (χ1n) is 7.03. The van der Waals surface area contributed by atoms with Gasteiger partial charge in [-0.2, -0.15) is 0 Å². The van der Waals surface area contributed by atoms with E-state index in [0.29, 0.717) is 13.1 Å². The number of piperazine rings is 1. The highest BCUT2D eigenvalue weighted by Gasteiger charge is 2.24. The summed E-state index contributed by atoms with van der Waals surface area (Å²) in [7, 11) is 0. The monoisotopic (exact) mass is 277 g/mol. The first-order valence-corrected chi connectivity index (χ1v) is 7.03. The summed E-state index contributed by atoms with van der Waals surface area (Å²) in [4.78, 5) is 15.9. The van der Waals surface area contributed by atoms with Gasteiger partial charge in [0.25, 0.3) is 0 Å². The van der Waals surface area contributed by atoms with Crippen LogP contribution in [0.15, 0.2) is 24.3 Å². The SMILES string of the molecule is Cc1cccc(CN2CCN(C(=O)[C@H](N)CO)CC2)c1. The molecule has 1 amide bonds. The molecule has 1 aromatic rings. The van der Waals surface area contributed by atoms with Crippen molar-refractivity contribution < 1.29 is 9.90 Å². The highest BCUT2D eigenvalue weighted by atomic mass is 16.3. The van der Waals surface area contributed by atoms with Gasteiger partial charge in [-0.15, -0.1) is 0 Å². The molecule has 0 unspecified atom stereocenters. The number of aliphatic hydroxyl groups excluding tert-OH is 1. The van der Waals surface area contributed by atoms with Gasteiger partial charge in [0, 0.05) is 32.7 Å². The number of nitrogens with two attached hydrogens (primary N) is 1. The van der Waals surface area contributed by atoms with E-state index < -0.39 is 6.04 Å². The standard InChI is InChI=1S/C15H23N3O2/c1-12-3-2-4-13(9-12)10-17-5-7-18(8-6-17)15(20)14(16)11-19/h2-4,9,14,19H,5-8,10-11,16H2,1H3/t14-/m1/s1. The molecule has 3 N–H and O–H groups in total. The number of benzene rings is 1. The zero-order chi connectivity index (χ0) is 14.5. The average Bonchev–Trinajstić information content (AvgIpc) is 2.46. The molecule has 0 saturated carbocycles. The maximum Gasteiger partial charge on any atom is 0.241 e. The lowest BCUT2D eigenvalue weighted by Gasteiger charge is -2.35. The van der Waals surface area contributed by atoms with Crippen LogP contribution >= 0.6 is 0 Å². The summed E-state index contributed by atoms with van der Waals surface area (Å²) in [6.07, 6.45) is 0. The smallest absolute Gasteiger partial charge is 0.241 e. The third-order valence-corrected chi connectivity index (χ3v) is 3.69. The van der Waals surface area contributed by atoms with Crippen molar-refractivity contribution in [1.29, 1.82) is 0 Å². The summed E-state index contributed by atoms with van der Waals surface area (Å²) < 4.78 is 0. The summed E-state index contributed by atoms with van der Waals surface area (Å²) >= 11 is 0. The Hall–Kier alpha value is -1.43. The first kappa shape index (κ1) is 15.0. The molecule has 1 fully saturated rings. The van der Waals surface area contributed by atoms with Crippen molar-refractivity contribution >= 4 is 5.91 Å². The Kier molecular flexibility index (Phi) is 5.11. The van der Waals surface area contributed by atoms with Crippen LogP contribution in [0.1, 0.15) is 11.1 Å². The second kappa shape index (κ2) is 6.83. The molecule has 1 heterocycles. The Balaban J connectivity index is 1.84. The van der Waals surface area contributed by atoms with E-state index in [-0.39, 0.29) is 12.5 Å². The minimum absolute atomic E-state index is 0.150. The van der Waals surface area contributed by atoms with Crippen molar-refractivity contribution in [2.75, 3.05) is 32.8 Å². The van der Waals surface area contributed by atoms with Gasteiger partial charge in [0.05, 0.1) is 6.61 Å². The van der Waals surface area contributed by atoms with Crippen LogP contribution in [0.3, 0.4) is 0 Å². The number of amides is 1. The Morgan fingerprint density at radius 3 is 2.65 bits per heavy atom. The van der Waals surface area contributed by atoms with Crippen molar-refractivity contribution in [1.82, 2.24) is 9.80 Å². The molecule has 1 aliphatic rings. The largest absolute Gasteiger partial charge is 0.394 e. The molecule has 5 nitrogen and oxygen atoms in total. The predicted molar refractivity (Wildman–Crippen MR) is 78.1 cm³/mol. The van der Waals surface area contributed by atoms with Crippen molar-refractivity contribution in [3.63, 3.8) is 0 Å². The molecular formula is C15H23N3O2. The Labute approximate surface area is 120 Å². The summed E-state index contributed by atoms with van der Waals surface area (Å²) in [5.41, 5.74) is 8.14. The second-order valence-electron chi connectivity index (χ2n) is 5.38. The highest BCUT2D eigenvalue weighted by molar-refractivity contribution is 5.81. The van der Waals surface area contributed by atoms with Gasteiger partial charge < -0.3 is 15.7 Å². The highest BCUT2D eigenvalue weighted by Crippen LogP contribution is 2.10. The lowest BCUT2D eigenvalue weighted by atomic mass is 10.1. The molecule has 0 aromatic heterocycles. The molecule has 110 valence electrons. The topological polar surface area (TPSA) is 69.8 Å². The average molecular weight is 277 g/mol. The van der Waals surface area contributed by atoms with Crippen LogP contribution in [-0.2, 0) is 11.3 Å². The van der Waals surface area contributed by atoms with E-state index in [1.165, 1.54) is 11.1 Å². The number of rotatable bonds is 4. The van der Waals surface area contributed by atoms with Crippen molar-refractivity contribution in [2.45, 2.75) is 19.5 Å². The van der Waals surface area contributed by atoms with Crippen molar-refractivity contribution in [3.8, 4) is 0 Å². The van der Waals surface area contributed by atoms with Crippen LogP contribution in [0.25, 0.3) is 0 Å². The fourth-order valence-corrected chi connectivity index (χ4v) is 2.51. The van der Waals surface area contributed by atoms with Crippen molar-refractivity contribution in [3.05, 3.63) is 35.4 Å². The second-order valence-corrected chi connectivity index (χ2v) is 5.38. The van der Waals surface area contributed by atoms with Gasteiger partial charge in [0.1, 0.15) is 6.04 Å². The van der Waals surface area contributed by atoms with Gasteiger partial charge in [0.15, 0.2) is 0 Å². The van der Waals surface area contributed by atoms with E-state index in [0.717, 1.165) is 19.6 Å². The molecule has 0 spiro atoms. The van der Waals surface area contributed by atoms with Crippen LogP contribution in [0.4, 0.5) is 0 Å². The Morgan fingerprint density at radius 2 is 2.05 bits per heavy atom. The van der Waals surface area contributed by atoms with E-state index in [9.17, 15) is 4.79 Å². The molecule has 0 radical (unpaired) electrons. The number of hydrogen-bond acceptors (Lipinski definition) is 4. The number of aryl methyl sites for hydroxylation is 1. The van der Waals surface area contributed by atoms with Crippen LogP contribution in [-0.4, -0.2) is 59.6 Å². The van der Waals surface area contributed by atoms with Gasteiger partial charge in [-0.05, 0) is 12.5 Å². The molecular weight excluding hydrogens is 254 g/mol. The van der Waals surface area contributed by atoms with Gasteiger partial charge in [0.2, 0.25) is 5.91 Å². The zero-order valence-electron chi connectivity index (χ0n) is 12.0. The quantitative estimate of drug-likeness (QED) is 0.810. The molecule has 1 atom stereocenters. The van der Waals surface area contributed by atoms with Crippen LogP contribution in [0.5, 0.6) is 0 Å². The van der Waals surface area contributed by atoms with Gasteiger partial charge >= 0.3 is 0 Å². The van der Waals surface area contributed by atoms with E-state index >= 15 is 0 Å². The van der Waals surface area contributed by atoms with Gasteiger partial charge in [-0.1, -0.05) is 29.8 Å². The summed E-state index contributed by atoms with van der Waals surface area (Å²) in [5, 5.41) is 8.93. The van der Waals surface area contributed by atoms with Crippen molar-refractivity contribution in [2.24, 2.45) is 5.73 Å². The number of hydrogen-bond donors (Lipinski definition) is 2. The zero-order valence-corrected chi connectivity index (χ0v) is 12.0. The Morgan fingerprint density at radius 1 is 1.35 bits per heavy atom. The summed E-state index contributed by atoms with van der Waals surface area (Å²) in [6.45, 7) is 5.76. The number of carbonyl (C=O) groups is 1. The molecule has 1 saturated heterocycles. The lowest BCUT2D eigenvalue weighted by Crippen LogP contribution is -2.53. The normalized spacial score (nSPS) is 18.1. The third-order valence-electron chi connectivity index (χ3n) is 3.69. The molecule has 20 heavy (non-hydrogen) atoms. The van der Waals surface area contributed by atoms with E-state index in [1.54, 1.807) is 4.90 Å². The molecule has 1 aliphatic heterocycles. The number of carbonyl (C=O) groups excluding carboxylic acids is 1. The van der Waals surface area contributed by atoms with Gasteiger partial charge in [-0.25, -0.2) is 0 Å². The fourth-order valence-electron chi connectivity index (χ4n) is 2.51. The number of aliphatic hydroxyl groups is 1. The number of nitrogens with zero attached hydrogens (tertiary/aromatic N) is 2. The minimum atomic E-state index is -0.779. The van der Waals surface area contributed by atoms with Crippen LogP contribution in [0.2, 0.25) is 0 Å². The molecule has 2 rings (SSSR count). The van der Waals surface area contributed by atoms with Gasteiger partial charge in [-0.3, -0.25) is 9.69 Å². The van der Waals surface area contributed by atoms with E-state index in [4.69, 9.17) is 10.8 Å². The lowest BCUT2D eigenvalue weighted by molar-refractivity contribution is -0.135. The Bertz CT molecular complexity index is 456. The molecule has 0 aliphatic carbocycles.